The lowest BCUT2D eigenvalue weighted by Gasteiger charge is -2.57. The minimum absolute atomic E-state index is 0.0651. The predicted molar refractivity (Wildman–Crippen MR) is 117 cm³/mol. The normalized spacial score (nSPS) is 27.2. The molecule has 2 bridgehead atoms. The summed E-state index contributed by atoms with van der Waals surface area (Å²) >= 11 is 0. The van der Waals surface area contributed by atoms with Gasteiger partial charge in [0, 0.05) is 25.2 Å². The third-order valence-corrected chi connectivity index (χ3v) is 7.08. The molecule has 0 aliphatic carbocycles. The Morgan fingerprint density at radius 1 is 1.30 bits per heavy atom. The minimum atomic E-state index is -0.673. The third kappa shape index (κ3) is 5.39. The number of aromatic nitrogens is 2. The maximum atomic E-state index is 13.8. The summed E-state index contributed by atoms with van der Waals surface area (Å²) in [6, 6.07) is 8.04. The van der Waals surface area contributed by atoms with Crippen LogP contribution in [0.25, 0.3) is 0 Å². The van der Waals surface area contributed by atoms with Gasteiger partial charge in [0.15, 0.2) is 0 Å². The van der Waals surface area contributed by atoms with Crippen molar-refractivity contribution in [3.63, 3.8) is 0 Å². The van der Waals surface area contributed by atoms with Gasteiger partial charge in [-0.25, -0.2) is 4.39 Å². The lowest BCUT2D eigenvalue weighted by Crippen LogP contribution is -2.63. The van der Waals surface area contributed by atoms with Crippen LogP contribution >= 0.6 is 0 Å². The number of primary amides is 1. The van der Waals surface area contributed by atoms with Crippen LogP contribution in [-0.2, 0) is 17.8 Å². The zero-order valence-electron chi connectivity index (χ0n) is 18.5. The molecule has 3 N–H and O–H groups in total. The molecule has 1 aromatic heterocycles. The molecule has 3 aliphatic heterocycles. The third-order valence-electron chi connectivity index (χ3n) is 7.08. The van der Waals surface area contributed by atoms with E-state index in [1.807, 2.05) is 12.1 Å². The van der Waals surface area contributed by atoms with E-state index in [9.17, 15) is 9.18 Å². The number of halogens is 1. The van der Waals surface area contributed by atoms with Crippen LogP contribution in [0, 0.1) is 17.7 Å². The Bertz CT molecular complexity index is 970. The fraction of sp³-hybridized carbons (Fsp3) is 0.565. The van der Waals surface area contributed by atoms with Gasteiger partial charge in [0.25, 0.3) is 18.2 Å². The highest BCUT2D eigenvalue weighted by molar-refractivity contribution is 5.88. The van der Waals surface area contributed by atoms with Gasteiger partial charge in [0.1, 0.15) is 5.82 Å². The molecule has 0 unspecified atom stereocenters. The number of nitrogens with two attached hydrogens (primary N) is 1. The van der Waals surface area contributed by atoms with Crippen LogP contribution in [0.2, 0.25) is 0 Å². The maximum Gasteiger partial charge on any atom is 0.290 e. The molecule has 1 amide bonds. The van der Waals surface area contributed by atoms with Gasteiger partial charge in [-0.3, -0.25) is 19.4 Å². The van der Waals surface area contributed by atoms with Gasteiger partial charge in [0.2, 0.25) is 5.89 Å². The van der Waals surface area contributed by atoms with E-state index in [0.717, 1.165) is 31.6 Å². The molecule has 3 aliphatic rings. The quantitative estimate of drug-likeness (QED) is 0.650. The van der Waals surface area contributed by atoms with Crippen LogP contribution in [0.1, 0.15) is 47.8 Å². The molecule has 3 saturated heterocycles. The first kappa shape index (κ1) is 23.3. The average Bonchev–Trinajstić information content (AvgIpc) is 3.26. The van der Waals surface area contributed by atoms with Crippen LogP contribution in [0.3, 0.4) is 0 Å². The van der Waals surface area contributed by atoms with Crippen LogP contribution in [0.4, 0.5) is 4.39 Å². The van der Waals surface area contributed by atoms with E-state index in [0.29, 0.717) is 36.4 Å². The zero-order valence-corrected chi connectivity index (χ0v) is 18.5. The molecule has 2 aromatic rings. The zero-order chi connectivity index (χ0) is 23.4. The Morgan fingerprint density at radius 3 is 2.82 bits per heavy atom. The molecule has 1 aromatic carbocycles. The topological polar surface area (TPSA) is 126 Å². The van der Waals surface area contributed by atoms with Crippen LogP contribution in [-0.4, -0.2) is 69.1 Å². The minimum Gasteiger partial charge on any atom is -0.483 e. The standard InChI is InChI=1S/C22H28FN5O2.CH2O2/c23-17-5-3-4-14(8-17)9-19-16-10-15(18-6-1-2-7-28(18)19)11-27(12-16)13-20-25-22(21(24)29)26-30-20;2-1-3/h3-5,8,15-16,18-19H,1-2,6-7,9-13H2,(H2,24,29);1H,(H,2,3)/t15-,16+,18+,19+;/m1./s1. The largest absolute Gasteiger partial charge is 0.483 e. The SMILES string of the molecule is NC(=O)c1noc(CN2C[C@H]3C[C@@H](C2)[C@H](Cc2cccc(F)c2)N2CCCC[C@@H]32)n1.O=CO. The summed E-state index contributed by atoms with van der Waals surface area (Å²) in [6.07, 6.45) is 5.86. The second-order valence-electron chi connectivity index (χ2n) is 9.13. The first-order valence-corrected chi connectivity index (χ1v) is 11.4. The van der Waals surface area contributed by atoms with E-state index in [-0.39, 0.29) is 18.1 Å². The Kier molecular flexibility index (Phi) is 7.34. The van der Waals surface area contributed by atoms with Crippen molar-refractivity contribution in [1.29, 1.82) is 0 Å². The van der Waals surface area contributed by atoms with Crippen molar-refractivity contribution in [3.05, 3.63) is 47.4 Å². The van der Waals surface area contributed by atoms with Crippen molar-refractivity contribution < 1.29 is 23.6 Å². The van der Waals surface area contributed by atoms with Gasteiger partial charge in [-0.05, 0) is 61.8 Å². The van der Waals surface area contributed by atoms with Gasteiger partial charge < -0.3 is 15.4 Å². The Labute approximate surface area is 191 Å². The molecule has 4 atom stereocenters. The number of likely N-dealkylation sites (tertiary alicyclic amines) is 1. The van der Waals surface area contributed by atoms with Crippen molar-refractivity contribution in [1.82, 2.24) is 19.9 Å². The summed E-state index contributed by atoms with van der Waals surface area (Å²) in [4.78, 5) is 28.8. The average molecular weight is 460 g/mol. The number of hydrogen-bond acceptors (Lipinski definition) is 7. The second-order valence-corrected chi connectivity index (χ2v) is 9.13. The molecule has 178 valence electrons. The Hall–Kier alpha value is -2.85. The molecule has 3 fully saturated rings. The molecule has 0 saturated carbocycles. The van der Waals surface area contributed by atoms with Crippen molar-refractivity contribution in [3.8, 4) is 0 Å². The summed E-state index contributed by atoms with van der Waals surface area (Å²) in [6.45, 7) is 3.36. The molecule has 4 heterocycles. The fourth-order valence-electron chi connectivity index (χ4n) is 5.93. The Balaban J connectivity index is 0.000000821. The molecule has 5 rings (SSSR count). The molecular formula is C23H30FN5O4. The number of carbonyl (C=O) groups excluding carboxylic acids is 1. The highest BCUT2D eigenvalue weighted by Crippen LogP contribution is 2.42. The number of nitrogens with zero attached hydrogens (tertiary/aromatic N) is 4. The molecule has 9 nitrogen and oxygen atoms in total. The van der Waals surface area contributed by atoms with Crippen LogP contribution < -0.4 is 5.73 Å². The van der Waals surface area contributed by atoms with Crippen molar-refractivity contribution in [2.45, 2.75) is 50.7 Å². The van der Waals surface area contributed by atoms with Crippen molar-refractivity contribution >= 4 is 12.4 Å². The highest BCUT2D eigenvalue weighted by Gasteiger charge is 2.47. The number of benzene rings is 1. The van der Waals surface area contributed by atoms with E-state index in [2.05, 4.69) is 19.9 Å². The number of amides is 1. The summed E-state index contributed by atoms with van der Waals surface area (Å²) in [5.41, 5.74) is 6.31. The Morgan fingerprint density at radius 2 is 2.09 bits per heavy atom. The van der Waals surface area contributed by atoms with Gasteiger partial charge in [-0.15, -0.1) is 0 Å². The first-order chi connectivity index (χ1) is 16.0. The van der Waals surface area contributed by atoms with E-state index >= 15 is 0 Å². The molecule has 10 heteroatoms. The van der Waals surface area contributed by atoms with Gasteiger partial charge >= 0.3 is 0 Å². The number of carbonyl (C=O) groups is 2. The van der Waals surface area contributed by atoms with E-state index in [1.165, 1.54) is 31.7 Å². The van der Waals surface area contributed by atoms with Crippen molar-refractivity contribution in [2.24, 2.45) is 17.6 Å². The number of rotatable bonds is 5. The monoisotopic (exact) mass is 459 g/mol. The fourth-order valence-corrected chi connectivity index (χ4v) is 5.93. The van der Waals surface area contributed by atoms with E-state index in [4.69, 9.17) is 20.2 Å². The van der Waals surface area contributed by atoms with Crippen LogP contribution in [0.5, 0.6) is 0 Å². The number of piperidine rings is 3. The molecule has 0 radical (unpaired) electrons. The number of fused-ring (bicyclic) bond motifs is 4. The smallest absolute Gasteiger partial charge is 0.290 e. The highest BCUT2D eigenvalue weighted by atomic mass is 19.1. The van der Waals surface area contributed by atoms with Gasteiger partial charge in [-0.2, -0.15) is 4.98 Å². The number of carboxylic acid groups (broad SMARTS) is 1. The van der Waals surface area contributed by atoms with Crippen LogP contribution in [0.15, 0.2) is 28.8 Å². The lowest BCUT2D eigenvalue weighted by molar-refractivity contribution is -0.122. The van der Waals surface area contributed by atoms with E-state index in [1.54, 1.807) is 6.07 Å². The van der Waals surface area contributed by atoms with Gasteiger partial charge in [0.05, 0.1) is 6.54 Å². The van der Waals surface area contributed by atoms with Crippen molar-refractivity contribution in [2.75, 3.05) is 19.6 Å². The second kappa shape index (κ2) is 10.4. The van der Waals surface area contributed by atoms with Gasteiger partial charge in [-0.1, -0.05) is 23.7 Å². The predicted octanol–water partition coefficient (Wildman–Crippen LogP) is 1.93. The first-order valence-electron chi connectivity index (χ1n) is 11.4. The van der Waals surface area contributed by atoms with E-state index < -0.39 is 5.91 Å². The summed E-state index contributed by atoms with van der Waals surface area (Å²) in [5.74, 6) is 0.665. The lowest BCUT2D eigenvalue weighted by atomic mass is 9.71. The molecule has 0 spiro atoms. The maximum absolute atomic E-state index is 13.8. The summed E-state index contributed by atoms with van der Waals surface area (Å²) in [5, 5.41) is 10.6. The number of hydrogen-bond donors (Lipinski definition) is 2. The molecule has 33 heavy (non-hydrogen) atoms. The summed E-state index contributed by atoms with van der Waals surface area (Å²) in [7, 11) is 0. The summed E-state index contributed by atoms with van der Waals surface area (Å²) < 4.78 is 19.0. The molecular weight excluding hydrogens is 429 g/mol.